The molecule has 37 heavy (non-hydrogen) atoms. The molecule has 2 aliphatic rings. The Bertz CT molecular complexity index is 1240. The number of ether oxygens (including phenoxy) is 2. The van der Waals surface area contributed by atoms with Gasteiger partial charge in [0.1, 0.15) is 11.6 Å². The van der Waals surface area contributed by atoms with Gasteiger partial charge in [-0.2, -0.15) is 8.42 Å². The molecule has 0 radical (unpaired) electrons. The minimum Gasteiger partial charge on any atom is -0.475 e. The SMILES string of the molecule is COCCN(C)c1cccc(S(=O)(=O)NC(=O)C2(Oc3cc(Cl)ccc3N3CCC(C)(C)CC3)CC2)n1. The molecule has 2 aromatic rings. The Morgan fingerprint density at radius 2 is 1.86 bits per heavy atom. The van der Waals surface area contributed by atoms with Crippen molar-refractivity contribution >= 4 is 39.0 Å². The van der Waals surface area contributed by atoms with Gasteiger partial charge < -0.3 is 19.3 Å². The monoisotopic (exact) mass is 550 g/mol. The van der Waals surface area contributed by atoms with Crippen LogP contribution in [0.2, 0.25) is 5.02 Å². The molecule has 1 saturated heterocycles. The van der Waals surface area contributed by atoms with Crippen LogP contribution in [0.25, 0.3) is 0 Å². The number of nitrogens with zero attached hydrogens (tertiary/aromatic N) is 3. The van der Waals surface area contributed by atoms with E-state index in [1.54, 1.807) is 43.3 Å². The van der Waals surface area contributed by atoms with Gasteiger partial charge in [-0.1, -0.05) is 31.5 Å². The molecule has 1 aliphatic heterocycles. The molecule has 0 unspecified atom stereocenters. The van der Waals surface area contributed by atoms with Crippen molar-refractivity contribution in [2.24, 2.45) is 5.41 Å². The molecule has 202 valence electrons. The Labute approximate surface area is 224 Å². The molecule has 4 rings (SSSR count). The van der Waals surface area contributed by atoms with Gasteiger partial charge in [0.25, 0.3) is 15.9 Å². The zero-order valence-corrected chi connectivity index (χ0v) is 23.4. The molecule has 2 heterocycles. The van der Waals surface area contributed by atoms with Crippen LogP contribution < -0.4 is 19.3 Å². The topological polar surface area (TPSA) is 101 Å². The van der Waals surface area contributed by atoms with E-state index in [1.807, 2.05) is 6.07 Å². The Hall–Kier alpha value is -2.56. The summed E-state index contributed by atoms with van der Waals surface area (Å²) < 4.78 is 39.6. The highest BCUT2D eigenvalue weighted by molar-refractivity contribution is 7.90. The first-order valence-electron chi connectivity index (χ1n) is 12.4. The Kier molecular flexibility index (Phi) is 7.92. The summed E-state index contributed by atoms with van der Waals surface area (Å²) in [5.41, 5.74) is -0.135. The third-order valence-corrected chi connectivity index (χ3v) is 8.50. The second kappa shape index (κ2) is 10.7. The van der Waals surface area contributed by atoms with Gasteiger partial charge in [-0.25, -0.2) is 9.71 Å². The number of benzene rings is 1. The lowest BCUT2D eigenvalue weighted by Gasteiger charge is -2.39. The number of hydrogen-bond acceptors (Lipinski definition) is 8. The number of aromatic nitrogens is 1. The fourth-order valence-electron chi connectivity index (χ4n) is 4.26. The lowest BCUT2D eigenvalue weighted by atomic mass is 9.82. The van der Waals surface area contributed by atoms with Crippen molar-refractivity contribution < 1.29 is 22.7 Å². The van der Waals surface area contributed by atoms with Crippen LogP contribution in [0, 0.1) is 5.41 Å². The molecular weight excluding hydrogens is 516 g/mol. The average Bonchev–Trinajstić information content (AvgIpc) is 3.64. The number of anilines is 2. The standard InChI is InChI=1S/C26H35ClN4O5S/c1-25(2)12-14-31(15-13-25)20-9-8-19(27)18-21(20)36-26(10-11-26)24(32)29-37(33,34)23-7-5-6-22(28-23)30(3)16-17-35-4/h5-9,18H,10-17H2,1-4H3,(H,29,32). The van der Waals surface area contributed by atoms with E-state index in [1.165, 1.54) is 6.07 Å². The van der Waals surface area contributed by atoms with E-state index in [0.29, 0.717) is 42.6 Å². The van der Waals surface area contributed by atoms with Crippen LogP contribution in [-0.4, -0.2) is 65.3 Å². The molecule has 1 aromatic carbocycles. The van der Waals surface area contributed by atoms with Crippen LogP contribution in [0.1, 0.15) is 39.5 Å². The number of carbonyl (C=O) groups excluding carboxylic acids is 1. The third kappa shape index (κ3) is 6.48. The zero-order valence-electron chi connectivity index (χ0n) is 21.8. The maximum atomic E-state index is 13.2. The van der Waals surface area contributed by atoms with E-state index < -0.39 is 21.5 Å². The number of carbonyl (C=O) groups is 1. The highest BCUT2D eigenvalue weighted by atomic mass is 35.5. The first-order valence-corrected chi connectivity index (χ1v) is 14.3. The summed E-state index contributed by atoms with van der Waals surface area (Å²) in [5.74, 6) is 0.230. The summed E-state index contributed by atoms with van der Waals surface area (Å²) in [5, 5.41) is 0.247. The van der Waals surface area contributed by atoms with Crippen LogP contribution in [-0.2, 0) is 19.6 Å². The van der Waals surface area contributed by atoms with Crippen LogP contribution in [0.5, 0.6) is 5.75 Å². The van der Waals surface area contributed by atoms with E-state index in [9.17, 15) is 13.2 Å². The Morgan fingerprint density at radius 1 is 1.16 bits per heavy atom. The normalized spacial score (nSPS) is 18.2. The largest absolute Gasteiger partial charge is 0.475 e. The van der Waals surface area contributed by atoms with Crippen molar-refractivity contribution in [3.63, 3.8) is 0 Å². The van der Waals surface area contributed by atoms with Crippen molar-refractivity contribution in [1.29, 1.82) is 0 Å². The molecule has 1 aromatic heterocycles. The number of sulfonamides is 1. The number of pyridine rings is 1. The average molecular weight is 551 g/mol. The number of nitrogens with one attached hydrogen (secondary N) is 1. The number of hydrogen-bond donors (Lipinski definition) is 1. The number of rotatable bonds is 10. The molecule has 1 amide bonds. The number of likely N-dealkylation sites (N-methyl/N-ethyl adjacent to an activating group) is 1. The second-order valence-electron chi connectivity index (χ2n) is 10.5. The van der Waals surface area contributed by atoms with E-state index in [4.69, 9.17) is 21.1 Å². The Morgan fingerprint density at radius 3 is 2.51 bits per heavy atom. The van der Waals surface area contributed by atoms with Crippen molar-refractivity contribution in [2.75, 3.05) is 50.2 Å². The number of amides is 1. The fourth-order valence-corrected chi connectivity index (χ4v) is 5.43. The van der Waals surface area contributed by atoms with E-state index in [2.05, 4.69) is 28.5 Å². The van der Waals surface area contributed by atoms with Crippen molar-refractivity contribution in [2.45, 2.75) is 50.2 Å². The molecule has 0 spiro atoms. The van der Waals surface area contributed by atoms with Crippen molar-refractivity contribution in [3.05, 3.63) is 41.4 Å². The summed E-state index contributed by atoms with van der Waals surface area (Å²) in [6, 6.07) is 10.0. The van der Waals surface area contributed by atoms with E-state index >= 15 is 0 Å². The highest BCUT2D eigenvalue weighted by Crippen LogP contribution is 2.45. The van der Waals surface area contributed by atoms with Gasteiger partial charge >= 0.3 is 0 Å². The number of methoxy groups -OCH3 is 1. The maximum Gasteiger partial charge on any atom is 0.281 e. The molecule has 1 saturated carbocycles. The van der Waals surface area contributed by atoms with Crippen LogP contribution >= 0.6 is 11.6 Å². The third-order valence-electron chi connectivity index (χ3n) is 7.04. The predicted molar refractivity (Wildman–Crippen MR) is 144 cm³/mol. The van der Waals surface area contributed by atoms with Crippen LogP contribution in [0.3, 0.4) is 0 Å². The maximum absolute atomic E-state index is 13.2. The molecule has 1 N–H and O–H groups in total. The molecule has 0 bridgehead atoms. The molecule has 9 nitrogen and oxygen atoms in total. The summed E-state index contributed by atoms with van der Waals surface area (Å²) in [4.78, 5) is 21.5. The van der Waals surface area contributed by atoms with Gasteiger partial charge in [0.2, 0.25) is 0 Å². The van der Waals surface area contributed by atoms with Gasteiger partial charge in [0.05, 0.1) is 12.3 Å². The number of halogens is 1. The molecule has 11 heteroatoms. The predicted octanol–water partition coefficient (Wildman–Crippen LogP) is 3.86. The summed E-state index contributed by atoms with van der Waals surface area (Å²) >= 11 is 6.27. The van der Waals surface area contributed by atoms with Gasteiger partial charge in [0, 0.05) is 57.7 Å². The lowest BCUT2D eigenvalue weighted by molar-refractivity contribution is -0.127. The zero-order chi connectivity index (χ0) is 26.8. The minimum atomic E-state index is -4.21. The lowest BCUT2D eigenvalue weighted by Crippen LogP contribution is -2.44. The summed E-state index contributed by atoms with van der Waals surface area (Å²) in [7, 11) is -0.831. The van der Waals surface area contributed by atoms with Crippen LogP contribution in [0.4, 0.5) is 11.5 Å². The smallest absolute Gasteiger partial charge is 0.281 e. The van der Waals surface area contributed by atoms with Crippen molar-refractivity contribution in [1.82, 2.24) is 9.71 Å². The second-order valence-corrected chi connectivity index (χ2v) is 12.6. The van der Waals surface area contributed by atoms with Crippen LogP contribution in [0.15, 0.2) is 41.4 Å². The Balaban J connectivity index is 1.50. The highest BCUT2D eigenvalue weighted by Gasteiger charge is 2.54. The van der Waals surface area contributed by atoms with Gasteiger partial charge in [-0.05, 0) is 42.5 Å². The first kappa shape index (κ1) is 27.5. The van der Waals surface area contributed by atoms with E-state index in [0.717, 1.165) is 31.6 Å². The van der Waals surface area contributed by atoms with Gasteiger partial charge in [-0.3, -0.25) is 4.79 Å². The first-order chi connectivity index (χ1) is 17.4. The van der Waals surface area contributed by atoms with Gasteiger partial charge in [0.15, 0.2) is 10.6 Å². The number of piperidine rings is 1. The van der Waals surface area contributed by atoms with Crippen molar-refractivity contribution in [3.8, 4) is 5.75 Å². The molecular formula is C26H35ClN4O5S. The quantitative estimate of drug-likeness (QED) is 0.476. The van der Waals surface area contributed by atoms with E-state index in [-0.39, 0.29) is 10.4 Å². The molecule has 2 fully saturated rings. The molecule has 1 aliphatic carbocycles. The summed E-state index contributed by atoms with van der Waals surface area (Å²) in [6.45, 7) is 7.24. The fraction of sp³-hybridized carbons (Fsp3) is 0.538. The minimum absolute atomic E-state index is 0.238. The summed E-state index contributed by atoms with van der Waals surface area (Å²) in [6.07, 6.45) is 2.87. The molecule has 0 atom stereocenters. The van der Waals surface area contributed by atoms with Gasteiger partial charge in [-0.15, -0.1) is 0 Å².